The molecule has 0 aromatic carbocycles. The Bertz CT molecular complexity index is 192. The lowest BCUT2D eigenvalue weighted by Crippen LogP contribution is -2.30. The molecular formula is C5H8N2O5. The van der Waals surface area contributed by atoms with Crippen molar-refractivity contribution >= 4 is 18.5 Å². The maximum Gasteiger partial charge on any atom is 0.405 e. The molecule has 0 radical (unpaired) electrons. The molecule has 0 aliphatic carbocycles. The highest BCUT2D eigenvalue weighted by molar-refractivity contribution is 5.69. The maximum absolute atomic E-state index is 10.1. The van der Waals surface area contributed by atoms with Gasteiger partial charge in [-0.25, -0.2) is 9.59 Å². The SMILES string of the molecule is NC(=O)OCC(C=O)OC(N)=O. The van der Waals surface area contributed by atoms with Crippen LogP contribution in [0.25, 0.3) is 0 Å². The number of amides is 2. The van der Waals surface area contributed by atoms with Crippen molar-refractivity contribution < 1.29 is 23.9 Å². The summed E-state index contributed by atoms with van der Waals surface area (Å²) in [5, 5.41) is 0. The highest BCUT2D eigenvalue weighted by Gasteiger charge is 2.12. The zero-order valence-corrected chi connectivity index (χ0v) is 6.06. The lowest BCUT2D eigenvalue weighted by Gasteiger charge is -2.08. The normalized spacial score (nSPS) is 11.3. The molecule has 0 fully saturated rings. The summed E-state index contributed by atoms with van der Waals surface area (Å²) in [5.41, 5.74) is 9.16. The Morgan fingerprint density at radius 1 is 1.33 bits per heavy atom. The van der Waals surface area contributed by atoms with Crippen molar-refractivity contribution in [2.45, 2.75) is 6.10 Å². The van der Waals surface area contributed by atoms with Gasteiger partial charge in [0.25, 0.3) is 0 Å². The summed E-state index contributed by atoms with van der Waals surface area (Å²) in [5.74, 6) is 0. The van der Waals surface area contributed by atoms with Gasteiger partial charge in [-0.3, -0.25) is 4.79 Å². The maximum atomic E-state index is 10.1. The molecule has 12 heavy (non-hydrogen) atoms. The first-order valence-electron chi connectivity index (χ1n) is 2.90. The van der Waals surface area contributed by atoms with Gasteiger partial charge < -0.3 is 20.9 Å². The molecule has 1 unspecified atom stereocenters. The first-order valence-corrected chi connectivity index (χ1v) is 2.90. The van der Waals surface area contributed by atoms with Crippen LogP contribution in [0.1, 0.15) is 0 Å². The molecule has 0 spiro atoms. The fourth-order valence-corrected chi connectivity index (χ4v) is 0.415. The number of primary amides is 2. The van der Waals surface area contributed by atoms with E-state index in [1.165, 1.54) is 0 Å². The predicted molar refractivity (Wildman–Crippen MR) is 36.1 cm³/mol. The van der Waals surface area contributed by atoms with Crippen molar-refractivity contribution in [2.24, 2.45) is 11.5 Å². The van der Waals surface area contributed by atoms with E-state index in [1.807, 2.05) is 0 Å². The molecule has 0 heterocycles. The van der Waals surface area contributed by atoms with Crippen molar-refractivity contribution in [3.05, 3.63) is 0 Å². The Morgan fingerprint density at radius 3 is 2.25 bits per heavy atom. The number of rotatable bonds is 4. The van der Waals surface area contributed by atoms with E-state index >= 15 is 0 Å². The Morgan fingerprint density at radius 2 is 1.92 bits per heavy atom. The number of hydrogen-bond acceptors (Lipinski definition) is 5. The van der Waals surface area contributed by atoms with Gasteiger partial charge in [0, 0.05) is 0 Å². The highest BCUT2D eigenvalue weighted by Crippen LogP contribution is 1.89. The standard InChI is InChI=1S/C5H8N2O5/c6-4(9)11-2-3(1-8)12-5(7)10/h1,3H,2H2,(H2,6,9)(H2,7,10). The number of nitrogens with two attached hydrogens (primary N) is 2. The van der Waals surface area contributed by atoms with Crippen LogP contribution in [-0.2, 0) is 14.3 Å². The van der Waals surface area contributed by atoms with Crippen LogP contribution < -0.4 is 11.5 Å². The average molecular weight is 176 g/mol. The molecule has 0 aliphatic rings. The molecule has 7 heteroatoms. The molecular weight excluding hydrogens is 168 g/mol. The van der Waals surface area contributed by atoms with Gasteiger partial charge in [0.15, 0.2) is 12.4 Å². The lowest BCUT2D eigenvalue weighted by molar-refractivity contribution is -0.116. The monoisotopic (exact) mass is 176 g/mol. The quantitative estimate of drug-likeness (QED) is 0.518. The van der Waals surface area contributed by atoms with Gasteiger partial charge in [-0.15, -0.1) is 0 Å². The fraction of sp³-hybridized carbons (Fsp3) is 0.400. The number of carbonyl (C=O) groups excluding carboxylic acids is 3. The molecule has 1 atom stereocenters. The van der Waals surface area contributed by atoms with Gasteiger partial charge in [-0.1, -0.05) is 0 Å². The smallest absolute Gasteiger partial charge is 0.405 e. The Labute approximate surface area is 67.6 Å². The minimum absolute atomic E-state index is 0.272. The first kappa shape index (κ1) is 10.2. The average Bonchev–Trinajstić information content (AvgIpc) is 1.97. The minimum Gasteiger partial charge on any atom is -0.445 e. The van der Waals surface area contributed by atoms with E-state index in [0.717, 1.165) is 0 Å². The van der Waals surface area contributed by atoms with Gasteiger partial charge >= 0.3 is 12.2 Å². The minimum atomic E-state index is -1.20. The molecule has 0 aromatic heterocycles. The summed E-state index contributed by atoms with van der Waals surface area (Å²) in [6.45, 7) is -0.429. The van der Waals surface area contributed by atoms with Crippen molar-refractivity contribution in [3.8, 4) is 0 Å². The second kappa shape index (κ2) is 4.94. The molecule has 0 rings (SSSR count). The van der Waals surface area contributed by atoms with Crippen LogP contribution in [0.15, 0.2) is 0 Å². The molecule has 0 saturated heterocycles. The summed E-state index contributed by atoms with van der Waals surface area (Å²) in [7, 11) is 0. The molecule has 0 aromatic rings. The van der Waals surface area contributed by atoms with Gasteiger partial charge in [-0.2, -0.15) is 0 Å². The highest BCUT2D eigenvalue weighted by atomic mass is 16.6. The summed E-state index contributed by atoms with van der Waals surface area (Å²) >= 11 is 0. The number of ether oxygens (including phenoxy) is 2. The van der Waals surface area contributed by atoms with E-state index in [4.69, 9.17) is 0 Å². The molecule has 2 amide bonds. The zero-order valence-electron chi connectivity index (χ0n) is 6.06. The molecule has 7 nitrogen and oxygen atoms in total. The van der Waals surface area contributed by atoms with E-state index in [1.54, 1.807) is 0 Å². The van der Waals surface area contributed by atoms with Gasteiger partial charge in [0.1, 0.15) is 6.61 Å². The molecule has 4 N–H and O–H groups in total. The van der Waals surface area contributed by atoms with Gasteiger partial charge in [0.05, 0.1) is 0 Å². The van der Waals surface area contributed by atoms with E-state index in [0.29, 0.717) is 0 Å². The Hall–Kier alpha value is -1.79. The van der Waals surface area contributed by atoms with E-state index in [-0.39, 0.29) is 6.29 Å². The predicted octanol–water partition coefficient (Wildman–Crippen LogP) is -1.26. The largest absolute Gasteiger partial charge is 0.445 e. The first-order chi connectivity index (χ1) is 5.56. The van der Waals surface area contributed by atoms with E-state index in [9.17, 15) is 14.4 Å². The van der Waals surface area contributed by atoms with Crippen LogP contribution in [0.2, 0.25) is 0 Å². The third-order valence-electron chi connectivity index (χ3n) is 0.809. The van der Waals surface area contributed by atoms with Crippen molar-refractivity contribution in [1.29, 1.82) is 0 Å². The Balaban J connectivity index is 3.75. The second-order valence-corrected chi connectivity index (χ2v) is 1.74. The van der Waals surface area contributed by atoms with Crippen LogP contribution in [0.3, 0.4) is 0 Å². The summed E-state index contributed by atoms with van der Waals surface area (Å²) in [6.07, 6.45) is -3.11. The lowest BCUT2D eigenvalue weighted by atomic mass is 10.4. The van der Waals surface area contributed by atoms with Gasteiger partial charge in [-0.05, 0) is 0 Å². The number of hydrogen-bond donors (Lipinski definition) is 2. The van der Waals surface area contributed by atoms with Crippen molar-refractivity contribution in [1.82, 2.24) is 0 Å². The van der Waals surface area contributed by atoms with Crippen LogP contribution in [-0.4, -0.2) is 31.2 Å². The van der Waals surface area contributed by atoms with Crippen molar-refractivity contribution in [2.75, 3.05) is 6.61 Å². The third-order valence-corrected chi connectivity index (χ3v) is 0.809. The second-order valence-electron chi connectivity index (χ2n) is 1.74. The third kappa shape index (κ3) is 5.03. The topological polar surface area (TPSA) is 122 Å². The van der Waals surface area contributed by atoms with Crippen molar-refractivity contribution in [3.63, 3.8) is 0 Å². The molecule has 0 bridgehead atoms. The zero-order chi connectivity index (χ0) is 9.56. The van der Waals surface area contributed by atoms with Crippen LogP contribution in [0.5, 0.6) is 0 Å². The van der Waals surface area contributed by atoms with Crippen LogP contribution in [0.4, 0.5) is 9.59 Å². The summed E-state index contributed by atoms with van der Waals surface area (Å²) < 4.78 is 8.36. The van der Waals surface area contributed by atoms with E-state index in [2.05, 4.69) is 20.9 Å². The van der Waals surface area contributed by atoms with E-state index < -0.39 is 24.9 Å². The van der Waals surface area contributed by atoms with Crippen LogP contribution >= 0.6 is 0 Å². The Kier molecular flexibility index (Phi) is 4.20. The fourth-order valence-electron chi connectivity index (χ4n) is 0.415. The molecule has 68 valence electrons. The number of carbonyl (C=O) groups is 3. The number of aldehydes is 1. The summed E-state index contributed by atoms with van der Waals surface area (Å²) in [4.78, 5) is 30.2. The van der Waals surface area contributed by atoms with Crippen LogP contribution in [0, 0.1) is 0 Å². The molecule has 0 aliphatic heterocycles. The molecule has 0 saturated carbocycles. The summed E-state index contributed by atoms with van der Waals surface area (Å²) in [6, 6.07) is 0. The van der Waals surface area contributed by atoms with Gasteiger partial charge in [0.2, 0.25) is 0 Å².